The lowest BCUT2D eigenvalue weighted by Gasteiger charge is -2.09. The van der Waals surface area contributed by atoms with Crippen LogP contribution in [0.15, 0.2) is 24.3 Å². The van der Waals surface area contributed by atoms with Crippen LogP contribution in [0.3, 0.4) is 0 Å². The van der Waals surface area contributed by atoms with Crippen LogP contribution in [0.4, 0.5) is 0 Å². The number of carbonyl (C=O) groups excluding carboxylic acids is 1. The van der Waals surface area contributed by atoms with Gasteiger partial charge < -0.3 is 5.32 Å². The van der Waals surface area contributed by atoms with Crippen LogP contribution in [0, 0.1) is 5.92 Å². The van der Waals surface area contributed by atoms with Crippen LogP contribution >= 0.6 is 0 Å². The molecule has 0 fully saturated rings. The molecule has 1 N–H and O–H groups in total. The zero-order valence-corrected chi connectivity index (χ0v) is 14.2. The molecule has 0 spiro atoms. The lowest BCUT2D eigenvalue weighted by molar-refractivity contribution is 0.0940. The maximum absolute atomic E-state index is 12.5. The van der Waals surface area contributed by atoms with Crippen molar-refractivity contribution in [3.05, 3.63) is 52.3 Å². The highest BCUT2D eigenvalue weighted by Gasteiger charge is 2.24. The molecule has 23 heavy (non-hydrogen) atoms. The topological polar surface area (TPSA) is 46.9 Å². The van der Waals surface area contributed by atoms with Crippen molar-refractivity contribution >= 4 is 5.91 Å². The van der Waals surface area contributed by atoms with E-state index in [2.05, 4.69) is 48.5 Å². The van der Waals surface area contributed by atoms with Gasteiger partial charge in [-0.05, 0) is 42.7 Å². The average molecular weight is 311 g/mol. The Bertz CT molecular complexity index is 698. The van der Waals surface area contributed by atoms with E-state index in [1.54, 1.807) is 4.68 Å². The highest BCUT2D eigenvalue weighted by atomic mass is 16.2. The summed E-state index contributed by atoms with van der Waals surface area (Å²) in [6.07, 6.45) is 4.16. The highest BCUT2D eigenvalue weighted by molar-refractivity contribution is 5.94. The first-order valence-corrected chi connectivity index (χ1v) is 8.45. The Balaban J connectivity index is 1.63. The fourth-order valence-electron chi connectivity index (χ4n) is 3.33. The molecule has 0 bridgehead atoms. The van der Waals surface area contributed by atoms with E-state index in [0.29, 0.717) is 12.5 Å². The van der Waals surface area contributed by atoms with Gasteiger partial charge in [-0.3, -0.25) is 9.48 Å². The minimum absolute atomic E-state index is 0.0191. The van der Waals surface area contributed by atoms with Crippen LogP contribution in [-0.2, 0) is 32.9 Å². The Labute approximate surface area is 137 Å². The number of benzene rings is 1. The van der Waals surface area contributed by atoms with Gasteiger partial charge in [0.2, 0.25) is 0 Å². The number of fused-ring (bicyclic) bond motifs is 1. The van der Waals surface area contributed by atoms with E-state index in [0.717, 1.165) is 48.2 Å². The summed E-state index contributed by atoms with van der Waals surface area (Å²) < 4.78 is 1.73. The minimum Gasteiger partial charge on any atom is -0.347 e. The Morgan fingerprint density at radius 3 is 2.61 bits per heavy atom. The Hall–Kier alpha value is -2.10. The van der Waals surface area contributed by atoms with Crippen molar-refractivity contribution in [2.45, 2.75) is 46.1 Å². The number of amides is 1. The number of aryl methyl sites for hydroxylation is 2. The second-order valence-electron chi connectivity index (χ2n) is 6.85. The maximum atomic E-state index is 12.5. The molecule has 4 nitrogen and oxygen atoms in total. The fraction of sp³-hybridized carbons (Fsp3) is 0.474. The van der Waals surface area contributed by atoms with E-state index in [1.165, 1.54) is 5.56 Å². The number of nitrogens with zero attached hydrogens (tertiary/aromatic N) is 2. The largest absolute Gasteiger partial charge is 0.347 e. The van der Waals surface area contributed by atoms with Crippen LogP contribution in [-0.4, -0.2) is 15.7 Å². The molecule has 2 aromatic rings. The van der Waals surface area contributed by atoms with Gasteiger partial charge in [0.15, 0.2) is 0 Å². The molecule has 0 aliphatic heterocycles. The second kappa shape index (κ2) is 6.57. The number of hydrogen-bond acceptors (Lipinski definition) is 2. The summed E-state index contributed by atoms with van der Waals surface area (Å²) in [4.78, 5) is 12.5. The maximum Gasteiger partial charge on any atom is 0.270 e. The lowest BCUT2D eigenvalue weighted by atomic mass is 10.0. The van der Waals surface area contributed by atoms with Gasteiger partial charge in [-0.25, -0.2) is 0 Å². The smallest absolute Gasteiger partial charge is 0.270 e. The van der Waals surface area contributed by atoms with Gasteiger partial charge in [-0.1, -0.05) is 38.1 Å². The van der Waals surface area contributed by atoms with Gasteiger partial charge in [-0.2, -0.15) is 5.10 Å². The predicted molar refractivity (Wildman–Crippen MR) is 91.4 cm³/mol. The van der Waals surface area contributed by atoms with Crippen molar-refractivity contribution in [2.24, 2.45) is 13.0 Å². The molecular weight excluding hydrogens is 286 g/mol. The van der Waals surface area contributed by atoms with Gasteiger partial charge in [0, 0.05) is 19.2 Å². The van der Waals surface area contributed by atoms with E-state index < -0.39 is 0 Å². The fourth-order valence-corrected chi connectivity index (χ4v) is 3.33. The van der Waals surface area contributed by atoms with Gasteiger partial charge in [0.25, 0.3) is 5.91 Å². The SMILES string of the molecule is CC(C)Cc1ccc(CNC(=O)c2c3c(nn2C)CCC3)cc1. The lowest BCUT2D eigenvalue weighted by Crippen LogP contribution is -2.26. The van der Waals surface area contributed by atoms with Gasteiger partial charge >= 0.3 is 0 Å². The Morgan fingerprint density at radius 1 is 1.22 bits per heavy atom. The second-order valence-corrected chi connectivity index (χ2v) is 6.85. The highest BCUT2D eigenvalue weighted by Crippen LogP contribution is 2.24. The standard InChI is InChI=1S/C19H25N3O/c1-13(2)11-14-7-9-15(10-8-14)12-20-19(23)18-16-5-4-6-17(16)21-22(18)3/h7-10,13H,4-6,11-12H2,1-3H3,(H,20,23). The molecule has 1 aliphatic carbocycles. The monoisotopic (exact) mass is 311 g/mol. The quantitative estimate of drug-likeness (QED) is 0.922. The molecule has 0 saturated carbocycles. The van der Waals surface area contributed by atoms with Crippen molar-refractivity contribution < 1.29 is 4.79 Å². The summed E-state index contributed by atoms with van der Waals surface area (Å²) in [6, 6.07) is 8.52. The molecular formula is C19H25N3O. The minimum atomic E-state index is -0.0191. The van der Waals surface area contributed by atoms with E-state index in [9.17, 15) is 4.79 Å². The number of rotatable bonds is 5. The van der Waals surface area contributed by atoms with Gasteiger partial charge in [-0.15, -0.1) is 0 Å². The molecule has 1 aromatic carbocycles. The predicted octanol–water partition coefficient (Wildman–Crippen LogP) is 3.04. The van der Waals surface area contributed by atoms with Crippen molar-refractivity contribution in [3.8, 4) is 0 Å². The molecule has 3 rings (SSSR count). The summed E-state index contributed by atoms with van der Waals surface area (Å²) in [7, 11) is 1.86. The van der Waals surface area contributed by atoms with E-state index in [1.807, 2.05) is 7.05 Å². The molecule has 0 radical (unpaired) electrons. The zero-order chi connectivity index (χ0) is 16.4. The first kappa shape index (κ1) is 15.8. The van der Waals surface area contributed by atoms with Crippen LogP contribution in [0.5, 0.6) is 0 Å². The first-order valence-electron chi connectivity index (χ1n) is 8.45. The molecule has 1 amide bonds. The molecule has 0 saturated heterocycles. The van der Waals surface area contributed by atoms with Crippen LogP contribution < -0.4 is 5.32 Å². The number of nitrogens with one attached hydrogen (secondary N) is 1. The zero-order valence-electron chi connectivity index (χ0n) is 14.2. The molecule has 1 heterocycles. The van der Waals surface area contributed by atoms with E-state index in [4.69, 9.17) is 0 Å². The van der Waals surface area contributed by atoms with Crippen molar-refractivity contribution in [1.29, 1.82) is 0 Å². The third kappa shape index (κ3) is 3.46. The number of aromatic nitrogens is 2. The summed E-state index contributed by atoms with van der Waals surface area (Å²) in [6.45, 7) is 5.00. The summed E-state index contributed by atoms with van der Waals surface area (Å²) >= 11 is 0. The Morgan fingerprint density at radius 2 is 1.91 bits per heavy atom. The summed E-state index contributed by atoms with van der Waals surface area (Å²) in [5.41, 5.74) is 5.44. The molecule has 4 heteroatoms. The van der Waals surface area contributed by atoms with Crippen LogP contribution in [0.25, 0.3) is 0 Å². The third-order valence-electron chi connectivity index (χ3n) is 4.40. The van der Waals surface area contributed by atoms with Crippen LogP contribution in [0.2, 0.25) is 0 Å². The third-order valence-corrected chi connectivity index (χ3v) is 4.40. The van der Waals surface area contributed by atoms with E-state index >= 15 is 0 Å². The Kier molecular flexibility index (Phi) is 4.51. The molecule has 0 atom stereocenters. The van der Waals surface area contributed by atoms with Crippen LogP contribution in [0.1, 0.15) is 53.1 Å². The van der Waals surface area contributed by atoms with Gasteiger partial charge in [0.1, 0.15) is 5.69 Å². The molecule has 0 unspecified atom stereocenters. The van der Waals surface area contributed by atoms with Crippen molar-refractivity contribution in [2.75, 3.05) is 0 Å². The number of carbonyl (C=O) groups is 1. The summed E-state index contributed by atoms with van der Waals surface area (Å²) in [5.74, 6) is 0.641. The molecule has 1 aromatic heterocycles. The normalized spacial score (nSPS) is 13.4. The first-order chi connectivity index (χ1) is 11.0. The van der Waals surface area contributed by atoms with Gasteiger partial charge in [0.05, 0.1) is 5.69 Å². The van der Waals surface area contributed by atoms with Crippen molar-refractivity contribution in [1.82, 2.24) is 15.1 Å². The van der Waals surface area contributed by atoms with E-state index in [-0.39, 0.29) is 5.91 Å². The van der Waals surface area contributed by atoms with Crippen molar-refractivity contribution in [3.63, 3.8) is 0 Å². The molecule has 122 valence electrons. The number of hydrogen-bond donors (Lipinski definition) is 1. The average Bonchev–Trinajstić information content (AvgIpc) is 3.05. The molecule has 1 aliphatic rings. The summed E-state index contributed by atoms with van der Waals surface area (Å²) in [5, 5.41) is 7.49.